The Hall–Kier alpha value is -2.22. The highest BCUT2D eigenvalue weighted by molar-refractivity contribution is 5.85. The Morgan fingerprint density at radius 2 is 1.25 bits per heavy atom. The summed E-state index contributed by atoms with van der Waals surface area (Å²) in [6, 6.07) is 11.7. The summed E-state index contributed by atoms with van der Waals surface area (Å²) in [5, 5.41) is 2.19. The van der Waals surface area contributed by atoms with E-state index in [0.29, 0.717) is 0 Å². The number of hydrogen-bond acceptors (Lipinski definition) is 2. The van der Waals surface area contributed by atoms with Crippen LogP contribution in [0.3, 0.4) is 0 Å². The third-order valence-electron chi connectivity index (χ3n) is 2.22. The zero-order chi connectivity index (χ0) is 11.4. The van der Waals surface area contributed by atoms with Crippen LogP contribution < -0.4 is 9.47 Å². The second-order valence-corrected chi connectivity index (χ2v) is 3.24. The van der Waals surface area contributed by atoms with Gasteiger partial charge in [0.2, 0.25) is 0 Å². The Bertz CT molecular complexity index is 484. The molecule has 0 aliphatic carbocycles. The van der Waals surface area contributed by atoms with Crippen LogP contribution in [-0.2, 0) is 0 Å². The number of rotatable bonds is 4. The third kappa shape index (κ3) is 2.06. The van der Waals surface area contributed by atoms with Crippen molar-refractivity contribution in [2.24, 2.45) is 0 Å². The summed E-state index contributed by atoms with van der Waals surface area (Å²) in [4.78, 5) is 0. The smallest absolute Gasteiger partial charge is 0.127 e. The molecule has 0 radical (unpaired) electrons. The first-order valence-corrected chi connectivity index (χ1v) is 4.92. The van der Waals surface area contributed by atoms with Crippen molar-refractivity contribution < 1.29 is 9.47 Å². The lowest BCUT2D eigenvalue weighted by molar-refractivity contribution is 0.482. The van der Waals surface area contributed by atoms with Crippen molar-refractivity contribution in [1.29, 1.82) is 0 Å². The van der Waals surface area contributed by atoms with E-state index in [9.17, 15) is 0 Å². The van der Waals surface area contributed by atoms with E-state index < -0.39 is 0 Å². The Morgan fingerprint density at radius 1 is 0.750 bits per heavy atom. The molecular formula is C14H12O2. The molecule has 0 heterocycles. The van der Waals surface area contributed by atoms with Crippen molar-refractivity contribution in [3.8, 4) is 11.5 Å². The van der Waals surface area contributed by atoms with Gasteiger partial charge in [0.25, 0.3) is 0 Å². The zero-order valence-corrected chi connectivity index (χ0v) is 8.85. The fourth-order valence-electron chi connectivity index (χ4n) is 1.54. The zero-order valence-electron chi connectivity index (χ0n) is 8.85. The van der Waals surface area contributed by atoms with Crippen LogP contribution in [0.15, 0.2) is 62.1 Å². The van der Waals surface area contributed by atoms with E-state index in [0.717, 1.165) is 22.3 Å². The van der Waals surface area contributed by atoms with Crippen LogP contribution in [0.5, 0.6) is 11.5 Å². The van der Waals surface area contributed by atoms with Gasteiger partial charge in [-0.05, 0) is 35.0 Å². The standard InChI is InChI=1S/C14H12O2/c1-3-15-13-7-5-11-6-8-14(16-4-2)10-12(11)9-13/h3-10H,1-2H2. The highest BCUT2D eigenvalue weighted by atomic mass is 16.5. The van der Waals surface area contributed by atoms with E-state index in [1.165, 1.54) is 12.5 Å². The molecule has 2 heteroatoms. The summed E-state index contributed by atoms with van der Waals surface area (Å²) in [5.41, 5.74) is 0. The van der Waals surface area contributed by atoms with Crippen LogP contribution in [0.1, 0.15) is 0 Å². The van der Waals surface area contributed by atoms with Crippen molar-refractivity contribution in [3.05, 3.63) is 62.1 Å². The molecule has 0 N–H and O–H groups in total. The first kappa shape index (κ1) is 10.3. The van der Waals surface area contributed by atoms with Crippen molar-refractivity contribution in [1.82, 2.24) is 0 Å². The van der Waals surface area contributed by atoms with Gasteiger partial charge in [-0.3, -0.25) is 0 Å². The second kappa shape index (κ2) is 4.53. The van der Waals surface area contributed by atoms with Crippen LogP contribution in [-0.4, -0.2) is 0 Å². The number of ether oxygens (including phenoxy) is 2. The van der Waals surface area contributed by atoms with Crippen LogP contribution in [0, 0.1) is 0 Å². The molecule has 0 aliphatic heterocycles. The molecular weight excluding hydrogens is 200 g/mol. The molecule has 0 saturated carbocycles. The largest absolute Gasteiger partial charge is 0.466 e. The van der Waals surface area contributed by atoms with E-state index in [2.05, 4.69) is 13.2 Å². The summed E-state index contributed by atoms with van der Waals surface area (Å²) in [6.45, 7) is 7.05. The lowest BCUT2D eigenvalue weighted by atomic mass is 10.1. The van der Waals surface area contributed by atoms with Crippen molar-refractivity contribution in [3.63, 3.8) is 0 Å². The predicted octanol–water partition coefficient (Wildman–Crippen LogP) is 3.88. The Balaban J connectivity index is 2.47. The minimum Gasteiger partial charge on any atom is -0.466 e. The van der Waals surface area contributed by atoms with Crippen LogP contribution >= 0.6 is 0 Å². The summed E-state index contributed by atoms with van der Waals surface area (Å²) in [5.74, 6) is 1.52. The van der Waals surface area contributed by atoms with Crippen molar-refractivity contribution >= 4 is 10.8 Å². The molecule has 0 spiro atoms. The highest BCUT2D eigenvalue weighted by Gasteiger charge is 1.98. The van der Waals surface area contributed by atoms with Gasteiger partial charge in [-0.25, -0.2) is 0 Å². The average Bonchev–Trinajstić information content (AvgIpc) is 2.29. The molecule has 0 saturated heterocycles. The van der Waals surface area contributed by atoms with Crippen LogP contribution in [0.4, 0.5) is 0 Å². The summed E-state index contributed by atoms with van der Waals surface area (Å²) >= 11 is 0. The monoisotopic (exact) mass is 212 g/mol. The van der Waals surface area contributed by atoms with E-state index in [-0.39, 0.29) is 0 Å². The highest BCUT2D eigenvalue weighted by Crippen LogP contribution is 2.25. The lowest BCUT2D eigenvalue weighted by Gasteiger charge is -2.04. The molecule has 0 fully saturated rings. The minimum atomic E-state index is 0.762. The molecule has 0 amide bonds. The fraction of sp³-hybridized carbons (Fsp3) is 0. The van der Waals surface area contributed by atoms with Crippen LogP contribution in [0.2, 0.25) is 0 Å². The number of fused-ring (bicyclic) bond motifs is 1. The third-order valence-corrected chi connectivity index (χ3v) is 2.22. The molecule has 2 aromatic rings. The Labute approximate surface area is 94.4 Å². The minimum absolute atomic E-state index is 0.762. The first-order valence-electron chi connectivity index (χ1n) is 4.92. The van der Waals surface area contributed by atoms with Gasteiger partial charge in [0.05, 0.1) is 12.5 Å². The molecule has 0 bridgehead atoms. The molecule has 2 aromatic carbocycles. The first-order chi connectivity index (χ1) is 7.83. The molecule has 0 atom stereocenters. The van der Waals surface area contributed by atoms with Crippen LogP contribution in [0.25, 0.3) is 10.8 Å². The van der Waals surface area contributed by atoms with Gasteiger partial charge in [0, 0.05) is 0 Å². The average molecular weight is 212 g/mol. The number of hydrogen-bond donors (Lipinski definition) is 0. The van der Waals surface area contributed by atoms with E-state index in [1.54, 1.807) is 0 Å². The van der Waals surface area contributed by atoms with Gasteiger partial charge in [-0.15, -0.1) is 0 Å². The van der Waals surface area contributed by atoms with Gasteiger partial charge >= 0.3 is 0 Å². The molecule has 0 unspecified atom stereocenters. The predicted molar refractivity (Wildman–Crippen MR) is 65.6 cm³/mol. The maximum Gasteiger partial charge on any atom is 0.127 e. The molecule has 2 rings (SSSR count). The van der Waals surface area contributed by atoms with Crippen molar-refractivity contribution in [2.45, 2.75) is 0 Å². The lowest BCUT2D eigenvalue weighted by Crippen LogP contribution is -1.83. The second-order valence-electron chi connectivity index (χ2n) is 3.24. The summed E-state index contributed by atoms with van der Waals surface area (Å²) in [6.07, 6.45) is 2.82. The molecule has 16 heavy (non-hydrogen) atoms. The quantitative estimate of drug-likeness (QED) is 0.716. The maximum absolute atomic E-state index is 5.22. The SMILES string of the molecule is C=COc1ccc2ccc(OC=C)cc2c1. The maximum atomic E-state index is 5.22. The molecule has 80 valence electrons. The summed E-state index contributed by atoms with van der Waals surface area (Å²) in [7, 11) is 0. The molecule has 0 aromatic heterocycles. The van der Waals surface area contributed by atoms with E-state index >= 15 is 0 Å². The van der Waals surface area contributed by atoms with Crippen molar-refractivity contribution in [2.75, 3.05) is 0 Å². The molecule has 2 nitrogen and oxygen atoms in total. The Morgan fingerprint density at radius 3 is 1.69 bits per heavy atom. The molecule has 0 aliphatic rings. The number of benzene rings is 2. The van der Waals surface area contributed by atoms with Gasteiger partial charge < -0.3 is 9.47 Å². The van der Waals surface area contributed by atoms with Gasteiger partial charge in [-0.2, -0.15) is 0 Å². The summed E-state index contributed by atoms with van der Waals surface area (Å²) < 4.78 is 10.4. The fourth-order valence-corrected chi connectivity index (χ4v) is 1.54. The topological polar surface area (TPSA) is 18.5 Å². The van der Waals surface area contributed by atoms with Gasteiger partial charge in [0.1, 0.15) is 11.5 Å². The van der Waals surface area contributed by atoms with Gasteiger partial charge in [-0.1, -0.05) is 25.3 Å². The van der Waals surface area contributed by atoms with Gasteiger partial charge in [0.15, 0.2) is 0 Å². The van der Waals surface area contributed by atoms with E-state index in [1.807, 2.05) is 36.4 Å². The van der Waals surface area contributed by atoms with E-state index in [4.69, 9.17) is 9.47 Å². The normalized spacial score (nSPS) is 9.75. The Kier molecular flexibility index (Phi) is 2.92.